The van der Waals surface area contributed by atoms with Crippen molar-refractivity contribution in [2.24, 2.45) is 0 Å². The fraction of sp³-hybridized carbons (Fsp3) is 0.400. The van der Waals surface area contributed by atoms with Crippen LogP contribution >= 0.6 is 0 Å². The molecule has 0 saturated heterocycles. The van der Waals surface area contributed by atoms with E-state index >= 15 is 0 Å². The third kappa shape index (κ3) is 2.77. The molecule has 2 aromatic rings. The predicted octanol–water partition coefficient (Wildman–Crippen LogP) is 4.43. The van der Waals surface area contributed by atoms with Crippen molar-refractivity contribution >= 4 is 0 Å². The van der Waals surface area contributed by atoms with Crippen LogP contribution < -0.4 is 0 Å². The number of phenols is 4. The van der Waals surface area contributed by atoms with Crippen molar-refractivity contribution in [3.63, 3.8) is 0 Å². The second kappa shape index (κ2) is 7.04. The van der Waals surface area contributed by atoms with E-state index in [0.29, 0.717) is 47.9 Å². The summed E-state index contributed by atoms with van der Waals surface area (Å²) < 4.78 is 0. The molecule has 0 aliphatic rings. The van der Waals surface area contributed by atoms with Gasteiger partial charge in [-0.1, -0.05) is 27.7 Å². The van der Waals surface area contributed by atoms with Crippen LogP contribution in [0.25, 0.3) is 11.1 Å². The van der Waals surface area contributed by atoms with Gasteiger partial charge in [-0.05, 0) is 60.1 Å². The van der Waals surface area contributed by atoms with Crippen molar-refractivity contribution in [3.8, 4) is 34.1 Å². The lowest BCUT2D eigenvalue weighted by Crippen LogP contribution is -1.97. The minimum atomic E-state index is -0.0897. The molecule has 4 nitrogen and oxygen atoms in total. The van der Waals surface area contributed by atoms with Gasteiger partial charge in [-0.2, -0.15) is 0 Å². The molecule has 0 aliphatic carbocycles. The highest BCUT2D eigenvalue weighted by Crippen LogP contribution is 2.51. The van der Waals surface area contributed by atoms with E-state index in [0.717, 1.165) is 0 Å². The highest BCUT2D eigenvalue weighted by atomic mass is 16.3. The summed E-state index contributed by atoms with van der Waals surface area (Å²) in [6.45, 7) is 7.65. The van der Waals surface area contributed by atoms with Gasteiger partial charge >= 0.3 is 0 Å². The Morgan fingerprint density at radius 3 is 0.875 bits per heavy atom. The van der Waals surface area contributed by atoms with E-state index in [1.165, 1.54) is 0 Å². The van der Waals surface area contributed by atoms with Crippen molar-refractivity contribution in [2.45, 2.75) is 53.4 Å². The third-order valence-electron chi connectivity index (χ3n) is 4.63. The molecule has 0 fully saturated rings. The van der Waals surface area contributed by atoms with Crippen molar-refractivity contribution in [2.75, 3.05) is 0 Å². The van der Waals surface area contributed by atoms with Gasteiger partial charge in [-0.15, -0.1) is 0 Å². The molecule has 0 heterocycles. The maximum Gasteiger partial charge on any atom is 0.130 e. The summed E-state index contributed by atoms with van der Waals surface area (Å²) in [6, 6.07) is 3.54. The Labute approximate surface area is 143 Å². The maximum atomic E-state index is 10.6. The van der Waals surface area contributed by atoms with E-state index in [4.69, 9.17) is 0 Å². The molecule has 0 bridgehead atoms. The molecule has 0 unspecified atom stereocenters. The normalized spacial score (nSPS) is 11.0. The molecule has 2 rings (SSSR count). The first kappa shape index (κ1) is 18.0. The summed E-state index contributed by atoms with van der Waals surface area (Å²) in [5.74, 6) is -0.359. The van der Waals surface area contributed by atoms with E-state index in [9.17, 15) is 20.4 Å². The first-order valence-electron chi connectivity index (χ1n) is 8.54. The van der Waals surface area contributed by atoms with E-state index in [1.54, 1.807) is 12.1 Å². The van der Waals surface area contributed by atoms with Gasteiger partial charge < -0.3 is 20.4 Å². The Kier molecular flexibility index (Phi) is 5.27. The molecular formula is C20H26O4. The number of aryl methyl sites for hydroxylation is 4. The SMILES string of the molecule is CCc1cc(CC)c(O)c(-c2c(O)c(CC)cc(CC)c2O)c1O. The van der Waals surface area contributed by atoms with Crippen LogP contribution in [0.4, 0.5) is 0 Å². The van der Waals surface area contributed by atoms with Crippen LogP contribution in [0.1, 0.15) is 49.9 Å². The summed E-state index contributed by atoms with van der Waals surface area (Å²) in [6.07, 6.45) is 2.34. The lowest BCUT2D eigenvalue weighted by molar-refractivity contribution is 0.431. The molecule has 0 atom stereocenters. The van der Waals surface area contributed by atoms with Crippen LogP contribution in [-0.4, -0.2) is 20.4 Å². The topological polar surface area (TPSA) is 80.9 Å². The Morgan fingerprint density at radius 2 is 0.708 bits per heavy atom. The van der Waals surface area contributed by atoms with Crippen LogP contribution in [0.5, 0.6) is 23.0 Å². The number of aromatic hydroxyl groups is 4. The number of phenolic OH excluding ortho intramolecular Hbond substituents is 4. The van der Waals surface area contributed by atoms with Crippen LogP contribution in [0.3, 0.4) is 0 Å². The minimum absolute atomic E-state index is 0.0897. The summed E-state index contributed by atoms with van der Waals surface area (Å²) in [5.41, 5.74) is 2.95. The fourth-order valence-corrected chi connectivity index (χ4v) is 3.11. The Morgan fingerprint density at radius 1 is 0.500 bits per heavy atom. The average Bonchev–Trinajstić information content (AvgIpc) is 2.58. The molecule has 4 heteroatoms. The van der Waals surface area contributed by atoms with Gasteiger partial charge in [0.1, 0.15) is 23.0 Å². The molecule has 0 spiro atoms. The monoisotopic (exact) mass is 330 g/mol. The van der Waals surface area contributed by atoms with Gasteiger partial charge in [0, 0.05) is 0 Å². The van der Waals surface area contributed by atoms with Crippen molar-refractivity contribution in [3.05, 3.63) is 34.4 Å². The van der Waals surface area contributed by atoms with Crippen LogP contribution in [0.15, 0.2) is 12.1 Å². The Bertz CT molecular complexity index is 641. The van der Waals surface area contributed by atoms with Gasteiger partial charge in [0.05, 0.1) is 11.1 Å². The second-order valence-electron chi connectivity index (χ2n) is 5.95. The van der Waals surface area contributed by atoms with Gasteiger partial charge in [0.2, 0.25) is 0 Å². The average molecular weight is 330 g/mol. The molecular weight excluding hydrogens is 304 g/mol. The van der Waals surface area contributed by atoms with Gasteiger partial charge in [-0.25, -0.2) is 0 Å². The molecule has 4 N–H and O–H groups in total. The zero-order valence-corrected chi connectivity index (χ0v) is 14.8. The van der Waals surface area contributed by atoms with E-state index < -0.39 is 0 Å². The standard InChI is InChI=1S/C20H26O4/c1-5-11-9-12(6-2)18(22)15(17(11)21)16-19(23)13(7-3)10-14(8-4)20(16)24/h9-10,21-24H,5-8H2,1-4H3. The van der Waals surface area contributed by atoms with E-state index in [2.05, 4.69) is 0 Å². The van der Waals surface area contributed by atoms with Crippen molar-refractivity contribution in [1.82, 2.24) is 0 Å². The summed E-state index contributed by atoms with van der Waals surface area (Å²) in [4.78, 5) is 0. The molecule has 0 saturated carbocycles. The molecule has 24 heavy (non-hydrogen) atoms. The smallest absolute Gasteiger partial charge is 0.130 e. The van der Waals surface area contributed by atoms with E-state index in [-0.39, 0.29) is 34.1 Å². The summed E-state index contributed by atoms with van der Waals surface area (Å²) in [5, 5.41) is 42.5. The largest absolute Gasteiger partial charge is 0.507 e. The highest BCUT2D eigenvalue weighted by molar-refractivity contribution is 5.88. The predicted molar refractivity (Wildman–Crippen MR) is 96.0 cm³/mol. The molecule has 130 valence electrons. The zero-order valence-electron chi connectivity index (χ0n) is 14.8. The maximum absolute atomic E-state index is 10.6. The molecule has 0 aliphatic heterocycles. The number of hydrogen-bond acceptors (Lipinski definition) is 4. The summed E-state index contributed by atoms with van der Waals surface area (Å²) >= 11 is 0. The zero-order chi connectivity index (χ0) is 18.0. The number of rotatable bonds is 5. The lowest BCUT2D eigenvalue weighted by Gasteiger charge is -2.19. The van der Waals surface area contributed by atoms with Crippen LogP contribution in [0, 0.1) is 0 Å². The van der Waals surface area contributed by atoms with Crippen molar-refractivity contribution in [1.29, 1.82) is 0 Å². The molecule has 2 aromatic carbocycles. The van der Waals surface area contributed by atoms with Crippen LogP contribution in [-0.2, 0) is 25.7 Å². The first-order valence-corrected chi connectivity index (χ1v) is 8.54. The summed E-state index contributed by atoms with van der Waals surface area (Å²) in [7, 11) is 0. The van der Waals surface area contributed by atoms with Crippen molar-refractivity contribution < 1.29 is 20.4 Å². The van der Waals surface area contributed by atoms with Gasteiger partial charge in [0.15, 0.2) is 0 Å². The second-order valence-corrected chi connectivity index (χ2v) is 5.95. The minimum Gasteiger partial charge on any atom is -0.507 e. The molecule has 0 aromatic heterocycles. The molecule has 0 radical (unpaired) electrons. The lowest BCUT2D eigenvalue weighted by atomic mass is 9.90. The van der Waals surface area contributed by atoms with Gasteiger partial charge in [0.25, 0.3) is 0 Å². The highest BCUT2D eigenvalue weighted by Gasteiger charge is 2.25. The third-order valence-corrected chi connectivity index (χ3v) is 4.63. The quantitative estimate of drug-likeness (QED) is 0.654. The Hall–Kier alpha value is -2.36. The number of benzene rings is 2. The first-order chi connectivity index (χ1) is 11.4. The van der Waals surface area contributed by atoms with Gasteiger partial charge in [-0.3, -0.25) is 0 Å². The molecule has 0 amide bonds. The fourth-order valence-electron chi connectivity index (χ4n) is 3.11. The van der Waals surface area contributed by atoms with Crippen LogP contribution in [0.2, 0.25) is 0 Å². The number of hydrogen-bond donors (Lipinski definition) is 4. The van der Waals surface area contributed by atoms with E-state index in [1.807, 2.05) is 27.7 Å². The Balaban J connectivity index is 2.95.